The molecule has 3 rings (SSSR count). The molecule has 0 aliphatic heterocycles. The molecule has 9 heteroatoms. The lowest BCUT2D eigenvalue weighted by molar-refractivity contribution is -0.129. The zero-order chi connectivity index (χ0) is 18.0. The van der Waals surface area contributed by atoms with Crippen molar-refractivity contribution < 1.29 is 18.7 Å². The molecule has 0 aliphatic rings. The normalized spacial score (nSPS) is 12.1. The van der Waals surface area contributed by atoms with E-state index in [9.17, 15) is 14.0 Å². The Balaban J connectivity index is 1.61. The number of benzene rings is 1. The molecule has 0 saturated heterocycles. The summed E-state index contributed by atoms with van der Waals surface area (Å²) in [7, 11) is 0. The number of ether oxygens (including phenoxy) is 1. The number of aromatic nitrogens is 2. The summed E-state index contributed by atoms with van der Waals surface area (Å²) in [5.41, 5.74) is 0.809. The molecular weight excluding hydrogens is 369 g/mol. The van der Waals surface area contributed by atoms with E-state index >= 15 is 0 Å². The van der Waals surface area contributed by atoms with E-state index in [2.05, 4.69) is 10.3 Å². The second kappa shape index (κ2) is 7.20. The highest BCUT2D eigenvalue weighted by Gasteiger charge is 2.24. The van der Waals surface area contributed by atoms with Crippen molar-refractivity contribution in [1.82, 2.24) is 14.7 Å². The molecule has 0 bridgehead atoms. The van der Waals surface area contributed by atoms with Crippen LogP contribution in [0.2, 0.25) is 5.15 Å². The van der Waals surface area contributed by atoms with Crippen molar-refractivity contribution in [3.8, 4) is 0 Å². The van der Waals surface area contributed by atoms with E-state index in [4.69, 9.17) is 16.3 Å². The third-order valence-electron chi connectivity index (χ3n) is 3.45. The van der Waals surface area contributed by atoms with Crippen LogP contribution >= 0.6 is 22.9 Å². The lowest BCUT2D eigenvalue weighted by Crippen LogP contribution is -2.35. The van der Waals surface area contributed by atoms with Gasteiger partial charge < -0.3 is 10.1 Å². The molecule has 0 unspecified atom stereocenters. The number of carbonyl (C=O) groups is 2. The Morgan fingerprint density at radius 3 is 2.84 bits per heavy atom. The molecule has 1 N–H and O–H groups in total. The lowest BCUT2D eigenvalue weighted by Gasteiger charge is -2.13. The Kier molecular flexibility index (Phi) is 5.00. The van der Waals surface area contributed by atoms with E-state index in [-0.39, 0.29) is 23.2 Å². The summed E-state index contributed by atoms with van der Waals surface area (Å²) in [6.07, 6.45) is 0.627. The molecule has 0 saturated carbocycles. The summed E-state index contributed by atoms with van der Waals surface area (Å²) in [5.74, 6) is -1.56. The first kappa shape index (κ1) is 17.4. The summed E-state index contributed by atoms with van der Waals surface area (Å²) in [6, 6.07) is 5.73. The first-order valence-electron chi connectivity index (χ1n) is 7.30. The van der Waals surface area contributed by atoms with Crippen LogP contribution in [0.15, 0.2) is 35.8 Å². The average molecular weight is 382 g/mol. The van der Waals surface area contributed by atoms with Gasteiger partial charge in [-0.2, -0.15) is 0 Å². The number of amides is 1. The highest BCUT2D eigenvalue weighted by molar-refractivity contribution is 7.15. The van der Waals surface area contributed by atoms with Crippen LogP contribution < -0.4 is 5.32 Å². The van der Waals surface area contributed by atoms with Crippen molar-refractivity contribution in [2.75, 3.05) is 0 Å². The van der Waals surface area contributed by atoms with Gasteiger partial charge in [0.2, 0.25) is 0 Å². The molecule has 0 fully saturated rings. The van der Waals surface area contributed by atoms with Gasteiger partial charge in [-0.1, -0.05) is 23.7 Å². The second-order valence-electron chi connectivity index (χ2n) is 5.20. The fourth-order valence-corrected chi connectivity index (χ4v) is 3.16. The van der Waals surface area contributed by atoms with E-state index < -0.39 is 18.0 Å². The zero-order valence-electron chi connectivity index (χ0n) is 13.0. The van der Waals surface area contributed by atoms with Crippen LogP contribution in [0.4, 0.5) is 4.39 Å². The zero-order valence-corrected chi connectivity index (χ0v) is 14.6. The van der Waals surface area contributed by atoms with E-state index in [1.165, 1.54) is 34.8 Å². The number of hydrogen-bond donors (Lipinski definition) is 1. The van der Waals surface area contributed by atoms with Crippen molar-refractivity contribution in [2.45, 2.75) is 19.6 Å². The van der Waals surface area contributed by atoms with Crippen LogP contribution in [0.5, 0.6) is 0 Å². The summed E-state index contributed by atoms with van der Waals surface area (Å²) in [4.78, 5) is 29.0. The standard InChI is InChI=1S/C16H13ClFN3O3S/c1-9(14(22)19-8-10-2-4-11(18)5-3-10)24-15(23)12-13(17)20-16-21(12)6-7-25-16/h2-7,9H,8H2,1H3,(H,19,22)/t9-/m1/s1. The second-order valence-corrected chi connectivity index (χ2v) is 6.43. The number of carbonyl (C=O) groups excluding carboxylic acids is 2. The summed E-state index contributed by atoms with van der Waals surface area (Å²) >= 11 is 7.29. The largest absolute Gasteiger partial charge is 0.448 e. The average Bonchev–Trinajstić information content (AvgIpc) is 3.13. The fraction of sp³-hybridized carbons (Fsp3) is 0.188. The van der Waals surface area contributed by atoms with Gasteiger partial charge in [0.1, 0.15) is 5.82 Å². The van der Waals surface area contributed by atoms with E-state index in [0.29, 0.717) is 4.96 Å². The number of nitrogens with zero attached hydrogens (tertiary/aromatic N) is 2. The molecule has 6 nitrogen and oxygen atoms in total. The van der Waals surface area contributed by atoms with Crippen LogP contribution in [0, 0.1) is 5.82 Å². The minimum Gasteiger partial charge on any atom is -0.448 e. The minimum absolute atomic E-state index is 0.0239. The van der Waals surface area contributed by atoms with Crippen LogP contribution in [-0.2, 0) is 16.1 Å². The summed E-state index contributed by atoms with van der Waals surface area (Å²) < 4.78 is 19.5. The highest BCUT2D eigenvalue weighted by Crippen LogP contribution is 2.22. The Morgan fingerprint density at radius 1 is 1.40 bits per heavy atom. The Morgan fingerprint density at radius 2 is 2.12 bits per heavy atom. The van der Waals surface area contributed by atoms with Crippen molar-refractivity contribution in [1.29, 1.82) is 0 Å². The molecule has 0 aliphatic carbocycles. The molecule has 1 atom stereocenters. The fourth-order valence-electron chi connectivity index (χ4n) is 2.15. The maximum absolute atomic E-state index is 12.9. The lowest BCUT2D eigenvalue weighted by atomic mass is 10.2. The quantitative estimate of drug-likeness (QED) is 0.689. The van der Waals surface area contributed by atoms with Gasteiger partial charge in [-0.15, -0.1) is 11.3 Å². The number of rotatable bonds is 5. The number of fused-ring (bicyclic) bond motifs is 1. The van der Waals surface area contributed by atoms with Crippen LogP contribution in [0.3, 0.4) is 0 Å². The van der Waals surface area contributed by atoms with Gasteiger partial charge >= 0.3 is 5.97 Å². The van der Waals surface area contributed by atoms with Crippen molar-refractivity contribution in [3.63, 3.8) is 0 Å². The van der Waals surface area contributed by atoms with Gasteiger partial charge in [0.25, 0.3) is 5.91 Å². The molecule has 1 aromatic carbocycles. The predicted octanol–water partition coefficient (Wildman–Crippen LogP) is 3.05. The topological polar surface area (TPSA) is 72.7 Å². The third-order valence-corrected chi connectivity index (χ3v) is 4.47. The molecule has 2 heterocycles. The van der Waals surface area contributed by atoms with Crippen molar-refractivity contribution in [3.05, 3.63) is 58.1 Å². The highest BCUT2D eigenvalue weighted by atomic mass is 35.5. The van der Waals surface area contributed by atoms with Crippen LogP contribution in [0.25, 0.3) is 4.96 Å². The minimum atomic E-state index is -1.02. The number of nitrogens with one attached hydrogen (secondary N) is 1. The van der Waals surface area contributed by atoms with Gasteiger partial charge in [0, 0.05) is 18.1 Å². The first-order chi connectivity index (χ1) is 12.0. The first-order valence-corrected chi connectivity index (χ1v) is 8.55. The monoisotopic (exact) mass is 381 g/mol. The third kappa shape index (κ3) is 3.80. The molecule has 1 amide bonds. The number of esters is 1. The number of halogens is 2. The van der Waals surface area contributed by atoms with E-state index in [0.717, 1.165) is 5.56 Å². The molecule has 25 heavy (non-hydrogen) atoms. The number of hydrogen-bond acceptors (Lipinski definition) is 5. The van der Waals surface area contributed by atoms with Gasteiger partial charge in [0.15, 0.2) is 21.9 Å². The van der Waals surface area contributed by atoms with E-state index in [1.54, 1.807) is 23.7 Å². The van der Waals surface area contributed by atoms with Gasteiger partial charge in [-0.3, -0.25) is 9.20 Å². The van der Waals surface area contributed by atoms with Crippen molar-refractivity contribution >= 4 is 39.8 Å². The molecule has 3 aromatic rings. The maximum atomic E-state index is 12.9. The van der Waals surface area contributed by atoms with Crippen LogP contribution in [-0.4, -0.2) is 27.4 Å². The molecular formula is C16H13ClFN3O3S. The summed E-state index contributed by atoms with van der Waals surface area (Å²) in [6.45, 7) is 1.65. The summed E-state index contributed by atoms with van der Waals surface area (Å²) in [5, 5.41) is 4.41. The number of thiazole rings is 1. The maximum Gasteiger partial charge on any atom is 0.359 e. The predicted molar refractivity (Wildman–Crippen MR) is 91.2 cm³/mol. The Bertz CT molecular complexity index is 923. The van der Waals surface area contributed by atoms with Gasteiger partial charge in [-0.25, -0.2) is 14.2 Å². The van der Waals surface area contributed by atoms with Crippen molar-refractivity contribution in [2.24, 2.45) is 0 Å². The SMILES string of the molecule is C[C@@H](OC(=O)c1c(Cl)nc2sccn12)C(=O)NCc1ccc(F)cc1. The van der Waals surface area contributed by atoms with Gasteiger partial charge in [0.05, 0.1) is 0 Å². The Labute approximate surface area is 151 Å². The van der Waals surface area contributed by atoms with E-state index in [1.807, 2.05) is 0 Å². The number of imidazole rings is 1. The Hall–Kier alpha value is -2.45. The van der Waals surface area contributed by atoms with Crippen LogP contribution in [0.1, 0.15) is 23.0 Å². The smallest absolute Gasteiger partial charge is 0.359 e. The molecule has 0 radical (unpaired) electrons. The molecule has 2 aromatic heterocycles. The molecule has 0 spiro atoms. The van der Waals surface area contributed by atoms with Gasteiger partial charge in [-0.05, 0) is 24.6 Å². The molecule has 130 valence electrons.